The molecule has 0 heterocycles. The molecule has 0 aromatic carbocycles. The van der Waals surface area contributed by atoms with Gasteiger partial charge in [-0.2, -0.15) is 0 Å². The molecule has 0 aliphatic heterocycles. The summed E-state index contributed by atoms with van der Waals surface area (Å²) in [6, 6.07) is 0. The van der Waals surface area contributed by atoms with Crippen LogP contribution in [0.2, 0.25) is 0 Å². The Morgan fingerprint density at radius 1 is 1.07 bits per heavy atom. The molecule has 0 aliphatic rings. The molecule has 14 heavy (non-hydrogen) atoms. The van der Waals surface area contributed by atoms with E-state index in [0.29, 0.717) is 6.61 Å². The Morgan fingerprint density at radius 2 is 1.71 bits per heavy atom. The second-order valence-corrected chi connectivity index (χ2v) is 4.02. The summed E-state index contributed by atoms with van der Waals surface area (Å²) in [7, 11) is 1.64. The molecule has 0 radical (unpaired) electrons. The predicted molar refractivity (Wildman–Crippen MR) is 57.2 cm³/mol. The molecule has 0 spiro atoms. The molecular weight excluding hydrogens is 180 g/mol. The van der Waals surface area contributed by atoms with E-state index in [0.717, 1.165) is 32.1 Å². The molecule has 0 unspecified atom stereocenters. The van der Waals surface area contributed by atoms with Crippen molar-refractivity contribution in [1.82, 2.24) is 0 Å². The molecule has 0 saturated heterocycles. The molecule has 3 heteroatoms. The number of ether oxygens (including phenoxy) is 1. The SMILES string of the molecule is CCCCCC(CO)(CO)CCOC. The van der Waals surface area contributed by atoms with E-state index in [4.69, 9.17) is 4.74 Å². The van der Waals surface area contributed by atoms with E-state index < -0.39 is 0 Å². The van der Waals surface area contributed by atoms with Crippen LogP contribution in [0.5, 0.6) is 0 Å². The highest BCUT2D eigenvalue weighted by Gasteiger charge is 2.27. The van der Waals surface area contributed by atoms with Gasteiger partial charge in [0.05, 0.1) is 13.2 Å². The molecule has 2 N–H and O–H groups in total. The van der Waals surface area contributed by atoms with Crippen molar-refractivity contribution in [3.8, 4) is 0 Å². The summed E-state index contributed by atoms with van der Waals surface area (Å²) < 4.78 is 4.99. The highest BCUT2D eigenvalue weighted by Crippen LogP contribution is 2.28. The van der Waals surface area contributed by atoms with Crippen molar-refractivity contribution in [1.29, 1.82) is 0 Å². The smallest absolute Gasteiger partial charge is 0.0510 e. The quantitative estimate of drug-likeness (QED) is 0.561. The van der Waals surface area contributed by atoms with E-state index in [1.165, 1.54) is 0 Å². The average molecular weight is 204 g/mol. The van der Waals surface area contributed by atoms with Gasteiger partial charge in [0, 0.05) is 19.1 Å². The number of hydrogen-bond donors (Lipinski definition) is 2. The van der Waals surface area contributed by atoms with Gasteiger partial charge < -0.3 is 14.9 Å². The van der Waals surface area contributed by atoms with E-state index in [1.807, 2.05) is 0 Å². The van der Waals surface area contributed by atoms with Gasteiger partial charge in [0.15, 0.2) is 0 Å². The van der Waals surface area contributed by atoms with Gasteiger partial charge in [-0.05, 0) is 12.8 Å². The minimum absolute atomic E-state index is 0.0522. The van der Waals surface area contributed by atoms with Crippen molar-refractivity contribution in [2.75, 3.05) is 26.9 Å². The monoisotopic (exact) mass is 204 g/mol. The molecule has 0 aliphatic carbocycles. The first kappa shape index (κ1) is 13.9. The minimum atomic E-state index is -0.328. The molecule has 0 bridgehead atoms. The highest BCUT2D eigenvalue weighted by molar-refractivity contribution is 4.77. The van der Waals surface area contributed by atoms with Crippen LogP contribution in [0, 0.1) is 5.41 Å². The summed E-state index contributed by atoms with van der Waals surface area (Å²) in [6.07, 6.45) is 5.02. The first-order valence-corrected chi connectivity index (χ1v) is 5.45. The van der Waals surface area contributed by atoms with E-state index in [1.54, 1.807) is 7.11 Å². The first-order chi connectivity index (χ1) is 6.74. The minimum Gasteiger partial charge on any atom is -0.396 e. The molecule has 3 nitrogen and oxygen atoms in total. The third kappa shape index (κ3) is 4.94. The lowest BCUT2D eigenvalue weighted by Crippen LogP contribution is -2.31. The first-order valence-electron chi connectivity index (χ1n) is 5.45. The topological polar surface area (TPSA) is 49.7 Å². The maximum Gasteiger partial charge on any atom is 0.0510 e. The Labute approximate surface area is 87.1 Å². The molecular formula is C11H24O3. The Kier molecular flexibility index (Phi) is 8.14. The van der Waals surface area contributed by atoms with Crippen LogP contribution in [-0.2, 0) is 4.74 Å². The van der Waals surface area contributed by atoms with E-state index in [-0.39, 0.29) is 18.6 Å². The van der Waals surface area contributed by atoms with Crippen molar-refractivity contribution >= 4 is 0 Å². The number of aliphatic hydroxyl groups is 2. The zero-order chi connectivity index (χ0) is 10.9. The maximum atomic E-state index is 9.29. The Bertz CT molecular complexity index is 122. The van der Waals surface area contributed by atoms with Gasteiger partial charge in [-0.25, -0.2) is 0 Å². The summed E-state index contributed by atoms with van der Waals surface area (Å²) in [6.45, 7) is 2.86. The van der Waals surface area contributed by atoms with Crippen LogP contribution < -0.4 is 0 Å². The standard InChI is InChI=1S/C11H24O3/c1-3-4-5-6-11(9-12,10-13)7-8-14-2/h12-13H,3-10H2,1-2H3. The third-order valence-electron chi connectivity index (χ3n) is 2.82. The number of hydrogen-bond acceptors (Lipinski definition) is 3. The van der Waals surface area contributed by atoms with E-state index in [2.05, 4.69) is 6.92 Å². The van der Waals surface area contributed by atoms with Crippen LogP contribution in [0.4, 0.5) is 0 Å². The molecule has 86 valence electrons. The van der Waals surface area contributed by atoms with Gasteiger partial charge >= 0.3 is 0 Å². The number of unbranched alkanes of at least 4 members (excludes halogenated alkanes) is 2. The van der Waals surface area contributed by atoms with Crippen LogP contribution in [0.1, 0.15) is 39.0 Å². The summed E-state index contributed by atoms with van der Waals surface area (Å²) in [5.74, 6) is 0. The Hall–Kier alpha value is -0.120. The number of rotatable bonds is 9. The second-order valence-electron chi connectivity index (χ2n) is 4.02. The highest BCUT2D eigenvalue weighted by atomic mass is 16.5. The average Bonchev–Trinajstić information content (AvgIpc) is 2.24. The summed E-state index contributed by atoms with van der Waals surface area (Å²) in [4.78, 5) is 0. The summed E-state index contributed by atoms with van der Waals surface area (Å²) in [5.41, 5.74) is -0.328. The largest absolute Gasteiger partial charge is 0.396 e. The summed E-state index contributed by atoms with van der Waals surface area (Å²) in [5, 5.41) is 18.6. The van der Waals surface area contributed by atoms with Crippen molar-refractivity contribution in [2.45, 2.75) is 39.0 Å². The van der Waals surface area contributed by atoms with E-state index in [9.17, 15) is 10.2 Å². The maximum absolute atomic E-state index is 9.29. The molecule has 0 saturated carbocycles. The van der Waals surface area contributed by atoms with Gasteiger partial charge in [-0.15, -0.1) is 0 Å². The van der Waals surface area contributed by atoms with Gasteiger partial charge in [-0.3, -0.25) is 0 Å². The van der Waals surface area contributed by atoms with E-state index >= 15 is 0 Å². The number of aliphatic hydroxyl groups excluding tert-OH is 2. The zero-order valence-corrected chi connectivity index (χ0v) is 9.46. The lowest BCUT2D eigenvalue weighted by molar-refractivity contribution is 0.0169. The molecule has 0 amide bonds. The van der Waals surface area contributed by atoms with Gasteiger partial charge in [0.25, 0.3) is 0 Å². The van der Waals surface area contributed by atoms with Crippen LogP contribution in [-0.4, -0.2) is 37.1 Å². The molecule has 0 rings (SSSR count). The fourth-order valence-electron chi connectivity index (χ4n) is 1.56. The van der Waals surface area contributed by atoms with Crippen LogP contribution in [0.25, 0.3) is 0 Å². The lowest BCUT2D eigenvalue weighted by atomic mass is 9.81. The second kappa shape index (κ2) is 8.21. The summed E-state index contributed by atoms with van der Waals surface area (Å²) >= 11 is 0. The van der Waals surface area contributed by atoms with Crippen molar-refractivity contribution < 1.29 is 14.9 Å². The molecule has 0 aromatic rings. The van der Waals surface area contributed by atoms with Gasteiger partial charge in [-0.1, -0.05) is 26.2 Å². The molecule has 0 fully saturated rings. The van der Waals surface area contributed by atoms with Crippen LogP contribution >= 0.6 is 0 Å². The lowest BCUT2D eigenvalue weighted by Gasteiger charge is -2.29. The fraction of sp³-hybridized carbons (Fsp3) is 1.00. The third-order valence-corrected chi connectivity index (χ3v) is 2.82. The molecule has 0 aromatic heterocycles. The zero-order valence-electron chi connectivity index (χ0n) is 9.46. The number of methoxy groups -OCH3 is 1. The normalized spacial score (nSPS) is 12.0. The van der Waals surface area contributed by atoms with Gasteiger partial charge in [0.1, 0.15) is 0 Å². The molecule has 0 atom stereocenters. The van der Waals surface area contributed by atoms with Crippen molar-refractivity contribution in [3.63, 3.8) is 0 Å². The van der Waals surface area contributed by atoms with Crippen LogP contribution in [0.3, 0.4) is 0 Å². The van der Waals surface area contributed by atoms with Crippen molar-refractivity contribution in [3.05, 3.63) is 0 Å². The fourth-order valence-corrected chi connectivity index (χ4v) is 1.56. The van der Waals surface area contributed by atoms with Crippen molar-refractivity contribution in [2.24, 2.45) is 5.41 Å². The predicted octanol–water partition coefficient (Wildman–Crippen LogP) is 1.57. The van der Waals surface area contributed by atoms with Gasteiger partial charge in [0.2, 0.25) is 0 Å². The van der Waals surface area contributed by atoms with Crippen LogP contribution in [0.15, 0.2) is 0 Å². The Balaban J connectivity index is 3.94. The Morgan fingerprint density at radius 3 is 2.14 bits per heavy atom.